The lowest BCUT2D eigenvalue weighted by Gasteiger charge is -2.38. The SMILES string of the molecule is C=CC(=O)OC(OCCCCC(F)(F)C(F)(F)S(=O)(=O)[O-])(C(=O)N(CC)C(C)C)C(F)(F)F. The monoisotopic (exact) mass is 518 g/mol. The fraction of sp³-hybridized carbons (Fsp3) is 0.765. The second-order valence-electron chi connectivity index (χ2n) is 6.91. The first-order valence-electron chi connectivity index (χ1n) is 9.30. The van der Waals surface area contributed by atoms with E-state index in [9.17, 15) is 53.3 Å². The van der Waals surface area contributed by atoms with Crippen molar-refractivity contribution in [2.45, 2.75) is 69.2 Å². The van der Waals surface area contributed by atoms with E-state index in [1.807, 2.05) is 0 Å². The number of nitrogens with zero attached hydrogens (tertiary/aromatic N) is 1. The Hall–Kier alpha value is -1.94. The van der Waals surface area contributed by atoms with E-state index in [2.05, 4.69) is 16.1 Å². The van der Waals surface area contributed by atoms with E-state index >= 15 is 0 Å². The third-order valence-electron chi connectivity index (χ3n) is 4.22. The van der Waals surface area contributed by atoms with Gasteiger partial charge in [0.25, 0.3) is 0 Å². The van der Waals surface area contributed by atoms with E-state index in [1.165, 1.54) is 20.8 Å². The number of carbonyl (C=O) groups excluding carboxylic acids is 2. The summed E-state index contributed by atoms with van der Waals surface area (Å²) in [5, 5.41) is -5.95. The third kappa shape index (κ3) is 7.02. The molecule has 0 aromatic heterocycles. The lowest BCUT2D eigenvalue weighted by Crippen LogP contribution is -2.63. The van der Waals surface area contributed by atoms with Crippen molar-refractivity contribution < 1.29 is 62.8 Å². The molecule has 0 spiro atoms. The largest absolute Gasteiger partial charge is 0.743 e. The lowest BCUT2D eigenvalue weighted by atomic mass is 10.1. The van der Waals surface area contributed by atoms with Crippen LogP contribution in [0.4, 0.5) is 30.7 Å². The first kappa shape index (κ1) is 31.1. The maximum Gasteiger partial charge on any atom is 0.466 e. The molecule has 1 atom stereocenters. The number of hydrogen-bond acceptors (Lipinski definition) is 7. The minimum Gasteiger partial charge on any atom is -0.743 e. The molecule has 1 amide bonds. The van der Waals surface area contributed by atoms with E-state index < -0.39 is 77.0 Å². The van der Waals surface area contributed by atoms with E-state index in [-0.39, 0.29) is 6.54 Å². The van der Waals surface area contributed by atoms with Gasteiger partial charge in [0.15, 0.2) is 10.1 Å². The Morgan fingerprint density at radius 2 is 1.61 bits per heavy atom. The van der Waals surface area contributed by atoms with Crippen LogP contribution in [-0.4, -0.2) is 72.1 Å². The van der Waals surface area contributed by atoms with Gasteiger partial charge in [0.1, 0.15) is 0 Å². The molecule has 0 aliphatic carbocycles. The smallest absolute Gasteiger partial charge is 0.466 e. The Morgan fingerprint density at radius 3 is 1.97 bits per heavy atom. The van der Waals surface area contributed by atoms with Gasteiger partial charge in [-0.1, -0.05) is 6.58 Å². The van der Waals surface area contributed by atoms with Crippen LogP contribution in [0.5, 0.6) is 0 Å². The van der Waals surface area contributed by atoms with Gasteiger partial charge in [0.2, 0.25) is 0 Å². The van der Waals surface area contributed by atoms with Crippen molar-refractivity contribution in [1.29, 1.82) is 0 Å². The fourth-order valence-electron chi connectivity index (χ4n) is 2.50. The van der Waals surface area contributed by atoms with E-state index in [0.29, 0.717) is 11.0 Å². The second-order valence-corrected chi connectivity index (χ2v) is 8.33. The summed E-state index contributed by atoms with van der Waals surface area (Å²) >= 11 is 0. The van der Waals surface area contributed by atoms with Crippen LogP contribution in [-0.2, 0) is 29.2 Å². The highest BCUT2D eigenvalue weighted by molar-refractivity contribution is 7.86. The lowest BCUT2D eigenvalue weighted by molar-refractivity contribution is -0.350. The van der Waals surface area contributed by atoms with Gasteiger partial charge in [-0.3, -0.25) is 4.79 Å². The Labute approximate surface area is 185 Å². The number of hydrogen-bond donors (Lipinski definition) is 0. The topological polar surface area (TPSA) is 113 Å². The summed E-state index contributed by atoms with van der Waals surface area (Å²) < 4.78 is 134. The Morgan fingerprint density at radius 1 is 1.09 bits per heavy atom. The zero-order valence-corrected chi connectivity index (χ0v) is 18.6. The van der Waals surface area contributed by atoms with Crippen molar-refractivity contribution in [3.05, 3.63) is 12.7 Å². The number of rotatable bonds is 13. The molecule has 194 valence electrons. The Balaban J connectivity index is 5.71. The number of alkyl halides is 7. The van der Waals surface area contributed by atoms with Crippen LogP contribution >= 0.6 is 0 Å². The molecular formula is C17H23F7NO7S-. The van der Waals surface area contributed by atoms with Crippen molar-refractivity contribution >= 4 is 22.0 Å². The van der Waals surface area contributed by atoms with Crippen molar-refractivity contribution in [2.75, 3.05) is 13.2 Å². The average molecular weight is 518 g/mol. The van der Waals surface area contributed by atoms with Crippen LogP contribution in [0, 0.1) is 0 Å². The van der Waals surface area contributed by atoms with Gasteiger partial charge in [-0.25, -0.2) is 13.2 Å². The van der Waals surface area contributed by atoms with Crippen LogP contribution in [0.2, 0.25) is 0 Å². The van der Waals surface area contributed by atoms with E-state index in [4.69, 9.17) is 0 Å². The molecule has 0 saturated heterocycles. The number of esters is 1. The van der Waals surface area contributed by atoms with E-state index in [1.54, 1.807) is 0 Å². The van der Waals surface area contributed by atoms with Crippen LogP contribution in [0.15, 0.2) is 12.7 Å². The maximum absolute atomic E-state index is 13.9. The van der Waals surface area contributed by atoms with E-state index in [0.717, 1.165) is 0 Å². The molecule has 0 aliphatic heterocycles. The first-order chi connectivity index (χ1) is 14.7. The summed E-state index contributed by atoms with van der Waals surface area (Å²) in [5.41, 5.74) is 0. The van der Waals surface area contributed by atoms with Crippen LogP contribution in [0.25, 0.3) is 0 Å². The molecule has 16 heteroatoms. The van der Waals surface area contributed by atoms with Crippen molar-refractivity contribution in [1.82, 2.24) is 4.90 Å². The van der Waals surface area contributed by atoms with Gasteiger partial charge >= 0.3 is 35.0 Å². The molecule has 0 fully saturated rings. The predicted octanol–water partition coefficient (Wildman–Crippen LogP) is 3.19. The van der Waals surface area contributed by atoms with Crippen LogP contribution in [0.1, 0.15) is 40.0 Å². The summed E-state index contributed by atoms with van der Waals surface area (Å²) in [4.78, 5) is 24.8. The van der Waals surface area contributed by atoms with Crippen LogP contribution < -0.4 is 0 Å². The minimum absolute atomic E-state index is 0.270. The standard InChI is InChI=1S/C17H24F7NO7S/c1-5-12(26)32-15(16(20,21)22,13(27)25(6-2)11(3)4)31-10-8-7-9-14(18,19)17(23,24)33(28,29)30/h5,11H,1,6-10H2,2-4H3,(H,28,29,30)/p-1. The second kappa shape index (κ2) is 11.0. The van der Waals surface area contributed by atoms with Crippen molar-refractivity contribution in [2.24, 2.45) is 0 Å². The number of likely N-dealkylation sites (N-methyl/N-ethyl adjacent to an activating group) is 1. The minimum atomic E-state index is -6.72. The van der Waals surface area contributed by atoms with Crippen molar-refractivity contribution in [3.8, 4) is 0 Å². The number of halogens is 7. The van der Waals surface area contributed by atoms with Gasteiger partial charge in [0, 0.05) is 25.1 Å². The van der Waals surface area contributed by atoms with Crippen molar-refractivity contribution in [3.63, 3.8) is 0 Å². The van der Waals surface area contributed by atoms with Gasteiger partial charge < -0.3 is 18.9 Å². The summed E-state index contributed by atoms with van der Waals surface area (Å²) in [6.07, 6.45) is -9.13. The summed E-state index contributed by atoms with van der Waals surface area (Å²) in [7, 11) is -6.72. The van der Waals surface area contributed by atoms with Crippen LogP contribution in [0.3, 0.4) is 0 Å². The average Bonchev–Trinajstić information content (AvgIpc) is 2.64. The normalized spacial score (nSPS) is 15.2. The number of amides is 1. The van der Waals surface area contributed by atoms with Gasteiger partial charge in [-0.05, 0) is 33.6 Å². The number of unbranched alkanes of at least 4 members (excludes halogenated alkanes) is 1. The maximum atomic E-state index is 13.9. The molecule has 0 rings (SSSR count). The molecule has 33 heavy (non-hydrogen) atoms. The highest BCUT2D eigenvalue weighted by atomic mass is 32.2. The summed E-state index contributed by atoms with van der Waals surface area (Å²) in [6, 6.07) is -0.815. The predicted molar refractivity (Wildman–Crippen MR) is 97.0 cm³/mol. The zero-order chi connectivity index (χ0) is 26.5. The molecular weight excluding hydrogens is 495 g/mol. The Bertz CT molecular complexity index is 815. The summed E-state index contributed by atoms with van der Waals surface area (Å²) in [6.45, 7) is 5.47. The molecule has 0 N–H and O–H groups in total. The molecule has 8 nitrogen and oxygen atoms in total. The number of carbonyl (C=O) groups is 2. The van der Waals surface area contributed by atoms with Gasteiger partial charge in [-0.15, -0.1) is 0 Å². The molecule has 0 saturated carbocycles. The molecule has 0 aromatic rings. The molecule has 1 unspecified atom stereocenters. The van der Waals surface area contributed by atoms with Gasteiger partial charge in [0.05, 0.1) is 6.61 Å². The summed E-state index contributed by atoms with van der Waals surface area (Å²) in [5.74, 6) is -13.1. The Kier molecular flexibility index (Phi) is 10.3. The zero-order valence-electron chi connectivity index (χ0n) is 17.8. The molecule has 0 heterocycles. The number of ether oxygens (including phenoxy) is 2. The third-order valence-corrected chi connectivity index (χ3v) is 5.15. The highest BCUT2D eigenvalue weighted by Gasteiger charge is 2.67. The molecule has 0 bridgehead atoms. The molecule has 0 aliphatic rings. The first-order valence-corrected chi connectivity index (χ1v) is 10.7. The van der Waals surface area contributed by atoms with Gasteiger partial charge in [-0.2, -0.15) is 30.7 Å². The highest BCUT2D eigenvalue weighted by Crippen LogP contribution is 2.42. The molecule has 0 radical (unpaired) electrons. The molecule has 0 aromatic carbocycles. The fourth-order valence-corrected chi connectivity index (χ4v) is 2.97. The quantitative estimate of drug-likeness (QED) is 0.0919.